The molecule has 0 saturated heterocycles. The number of carboxylic acids is 1. The zero-order valence-electron chi connectivity index (χ0n) is 8.01. The third kappa shape index (κ3) is 2.94. The van der Waals surface area contributed by atoms with Crippen LogP contribution in [-0.4, -0.2) is 31.7 Å². The molecular weight excluding hydrogens is 220 g/mol. The summed E-state index contributed by atoms with van der Waals surface area (Å²) in [5.41, 5.74) is -0.220. The summed E-state index contributed by atoms with van der Waals surface area (Å²) in [7, 11) is 0. The average Bonchev–Trinajstić information content (AvgIpc) is 2.18. The lowest BCUT2D eigenvalue weighted by atomic mass is 10.5. The van der Waals surface area contributed by atoms with Gasteiger partial charge in [0, 0.05) is 5.75 Å². The van der Waals surface area contributed by atoms with E-state index in [0.29, 0.717) is 5.75 Å². The van der Waals surface area contributed by atoms with E-state index in [2.05, 4.69) is 10.2 Å². The zero-order chi connectivity index (χ0) is 11.4. The lowest BCUT2D eigenvalue weighted by Gasteiger charge is -2.04. The fraction of sp³-hybridized carbons (Fsp3) is 0.429. The van der Waals surface area contributed by atoms with E-state index in [-0.39, 0.29) is 17.3 Å². The molecule has 1 rings (SSSR count). The first kappa shape index (κ1) is 11.5. The van der Waals surface area contributed by atoms with Crippen LogP contribution in [0.25, 0.3) is 0 Å². The lowest BCUT2D eigenvalue weighted by Crippen LogP contribution is -2.32. The molecule has 0 amide bonds. The van der Waals surface area contributed by atoms with Gasteiger partial charge < -0.3 is 10.9 Å². The van der Waals surface area contributed by atoms with Gasteiger partial charge in [-0.2, -0.15) is 4.68 Å². The molecule has 0 bridgehead atoms. The normalized spacial score (nSPS) is 10.2. The van der Waals surface area contributed by atoms with Crippen LogP contribution in [0.2, 0.25) is 0 Å². The number of carboxylic acid groups (broad SMARTS) is 1. The number of thioether (sulfide) groups is 1. The second-order valence-electron chi connectivity index (χ2n) is 2.74. The molecule has 8 heteroatoms. The molecule has 0 saturated carbocycles. The highest BCUT2D eigenvalue weighted by atomic mass is 32.2. The summed E-state index contributed by atoms with van der Waals surface area (Å²) in [6.45, 7) is 1.50. The summed E-state index contributed by atoms with van der Waals surface area (Å²) in [6, 6.07) is 0. The van der Waals surface area contributed by atoms with Crippen LogP contribution >= 0.6 is 11.8 Å². The molecule has 7 nitrogen and oxygen atoms in total. The maximum absolute atomic E-state index is 11.3. The molecule has 15 heavy (non-hydrogen) atoms. The van der Waals surface area contributed by atoms with Gasteiger partial charge >= 0.3 is 5.97 Å². The first-order chi connectivity index (χ1) is 7.02. The maximum atomic E-state index is 11.3. The Hall–Kier alpha value is -1.57. The summed E-state index contributed by atoms with van der Waals surface area (Å²) in [5, 5.41) is 15.9. The van der Waals surface area contributed by atoms with Crippen molar-refractivity contribution in [2.24, 2.45) is 0 Å². The SMILES string of the molecule is Cc1nnc(SCCC(=O)O)n(N)c1=O. The Morgan fingerprint density at radius 1 is 1.60 bits per heavy atom. The lowest BCUT2D eigenvalue weighted by molar-refractivity contribution is -0.136. The van der Waals surface area contributed by atoms with E-state index >= 15 is 0 Å². The van der Waals surface area contributed by atoms with E-state index in [0.717, 1.165) is 16.4 Å². The van der Waals surface area contributed by atoms with E-state index in [4.69, 9.17) is 10.9 Å². The second-order valence-corrected chi connectivity index (χ2v) is 3.80. The van der Waals surface area contributed by atoms with E-state index < -0.39 is 11.5 Å². The molecule has 0 unspecified atom stereocenters. The first-order valence-corrected chi connectivity index (χ1v) is 5.07. The number of hydrogen-bond donors (Lipinski definition) is 2. The van der Waals surface area contributed by atoms with E-state index in [1.54, 1.807) is 0 Å². The molecular formula is C7H10N4O3S. The Bertz CT molecular complexity index is 431. The number of nitrogens with two attached hydrogens (primary N) is 1. The van der Waals surface area contributed by atoms with Crippen LogP contribution in [0, 0.1) is 6.92 Å². The molecule has 0 radical (unpaired) electrons. The van der Waals surface area contributed by atoms with Gasteiger partial charge in [-0.1, -0.05) is 11.8 Å². The second kappa shape index (κ2) is 4.78. The van der Waals surface area contributed by atoms with Gasteiger partial charge in [0.25, 0.3) is 5.56 Å². The van der Waals surface area contributed by atoms with E-state index in [9.17, 15) is 9.59 Å². The van der Waals surface area contributed by atoms with Crippen molar-refractivity contribution in [2.75, 3.05) is 11.6 Å². The Labute approximate surface area is 89.3 Å². The van der Waals surface area contributed by atoms with Crippen molar-refractivity contribution in [2.45, 2.75) is 18.5 Å². The van der Waals surface area contributed by atoms with E-state index in [1.165, 1.54) is 6.92 Å². The molecule has 0 fully saturated rings. The monoisotopic (exact) mass is 230 g/mol. The third-order valence-electron chi connectivity index (χ3n) is 1.57. The number of aryl methyl sites for hydroxylation is 1. The van der Waals surface area contributed by atoms with Crippen LogP contribution in [-0.2, 0) is 4.79 Å². The third-order valence-corrected chi connectivity index (χ3v) is 2.51. The quantitative estimate of drug-likeness (QED) is 0.516. The Balaban J connectivity index is 2.75. The minimum Gasteiger partial charge on any atom is -0.481 e. The fourth-order valence-corrected chi connectivity index (χ4v) is 1.58. The Morgan fingerprint density at radius 3 is 2.87 bits per heavy atom. The highest BCUT2D eigenvalue weighted by Crippen LogP contribution is 2.11. The zero-order valence-corrected chi connectivity index (χ0v) is 8.82. The van der Waals surface area contributed by atoms with Crippen molar-refractivity contribution in [1.82, 2.24) is 14.9 Å². The van der Waals surface area contributed by atoms with Crippen LogP contribution in [0.3, 0.4) is 0 Å². The van der Waals surface area contributed by atoms with Crippen molar-refractivity contribution < 1.29 is 9.90 Å². The van der Waals surface area contributed by atoms with Gasteiger partial charge in [0.2, 0.25) is 5.16 Å². The molecule has 82 valence electrons. The topological polar surface area (TPSA) is 111 Å². The minimum atomic E-state index is -0.909. The predicted molar refractivity (Wildman–Crippen MR) is 54.2 cm³/mol. The van der Waals surface area contributed by atoms with Crippen molar-refractivity contribution in [3.8, 4) is 0 Å². The number of nitrogens with zero attached hydrogens (tertiary/aromatic N) is 3. The van der Waals surface area contributed by atoms with Gasteiger partial charge in [0.05, 0.1) is 6.42 Å². The molecule has 1 aromatic rings. The van der Waals surface area contributed by atoms with Gasteiger partial charge in [-0.15, -0.1) is 10.2 Å². The van der Waals surface area contributed by atoms with E-state index in [1.807, 2.05) is 0 Å². The summed E-state index contributed by atoms with van der Waals surface area (Å²) in [4.78, 5) is 21.5. The van der Waals surface area contributed by atoms with Gasteiger partial charge in [-0.25, -0.2) is 0 Å². The average molecular weight is 230 g/mol. The molecule has 1 heterocycles. The van der Waals surface area contributed by atoms with Crippen molar-refractivity contribution in [1.29, 1.82) is 0 Å². The largest absolute Gasteiger partial charge is 0.481 e. The minimum absolute atomic E-state index is 0.0194. The highest BCUT2D eigenvalue weighted by molar-refractivity contribution is 7.99. The summed E-state index contributed by atoms with van der Waals surface area (Å²) >= 11 is 1.08. The van der Waals surface area contributed by atoms with Crippen LogP contribution in [0.15, 0.2) is 9.95 Å². The maximum Gasteiger partial charge on any atom is 0.304 e. The predicted octanol–water partition coefficient (Wildman–Crippen LogP) is -0.773. The highest BCUT2D eigenvalue weighted by Gasteiger charge is 2.07. The Kier molecular flexibility index (Phi) is 3.67. The number of aromatic nitrogens is 3. The van der Waals surface area contributed by atoms with Gasteiger partial charge in [0.15, 0.2) is 0 Å². The van der Waals surface area contributed by atoms with Gasteiger partial charge in [-0.3, -0.25) is 9.59 Å². The van der Waals surface area contributed by atoms with Crippen molar-refractivity contribution in [3.05, 3.63) is 16.0 Å². The van der Waals surface area contributed by atoms with Crippen LogP contribution < -0.4 is 11.4 Å². The number of nitrogen functional groups attached to an aromatic ring is 1. The molecule has 0 spiro atoms. The first-order valence-electron chi connectivity index (χ1n) is 4.08. The molecule has 3 N–H and O–H groups in total. The van der Waals surface area contributed by atoms with Crippen LogP contribution in [0.5, 0.6) is 0 Å². The molecule has 0 aliphatic heterocycles. The molecule has 0 aliphatic rings. The van der Waals surface area contributed by atoms with Crippen molar-refractivity contribution in [3.63, 3.8) is 0 Å². The standard InChI is InChI=1S/C7H10N4O3S/c1-4-6(14)11(8)7(10-9-4)15-3-2-5(12)13/h2-3,8H2,1H3,(H,12,13). The Morgan fingerprint density at radius 2 is 2.27 bits per heavy atom. The summed E-state index contributed by atoms with van der Waals surface area (Å²) < 4.78 is 0.870. The summed E-state index contributed by atoms with van der Waals surface area (Å²) in [6.07, 6.45) is -0.0194. The molecule has 0 atom stereocenters. The number of aliphatic carboxylic acids is 1. The smallest absolute Gasteiger partial charge is 0.304 e. The molecule has 0 aliphatic carbocycles. The van der Waals surface area contributed by atoms with Crippen LogP contribution in [0.1, 0.15) is 12.1 Å². The summed E-state index contributed by atoms with van der Waals surface area (Å²) in [5.74, 6) is 4.82. The number of rotatable bonds is 4. The van der Waals surface area contributed by atoms with Gasteiger partial charge in [0.1, 0.15) is 5.69 Å². The van der Waals surface area contributed by atoms with Crippen molar-refractivity contribution >= 4 is 17.7 Å². The molecule has 1 aromatic heterocycles. The fourth-order valence-electron chi connectivity index (χ4n) is 0.798. The van der Waals surface area contributed by atoms with Gasteiger partial charge in [-0.05, 0) is 6.92 Å². The number of hydrogen-bond acceptors (Lipinski definition) is 6. The number of carbonyl (C=O) groups is 1. The molecule has 0 aromatic carbocycles. The van der Waals surface area contributed by atoms with Crippen LogP contribution in [0.4, 0.5) is 0 Å².